The highest BCUT2D eigenvalue weighted by atomic mass is 32.2. The van der Waals surface area contributed by atoms with Crippen molar-refractivity contribution in [2.45, 2.75) is 17.7 Å². The molecule has 0 saturated carbocycles. The van der Waals surface area contributed by atoms with Crippen LogP contribution in [-0.2, 0) is 17.0 Å². The van der Waals surface area contributed by atoms with E-state index in [0.717, 1.165) is 6.07 Å². The topological polar surface area (TPSA) is 37.3 Å². The summed E-state index contributed by atoms with van der Waals surface area (Å²) in [5.41, 5.74) is -0.407. The second-order valence-electron chi connectivity index (χ2n) is 2.63. The van der Waals surface area contributed by atoms with Crippen molar-refractivity contribution in [1.29, 1.82) is 0 Å². The van der Waals surface area contributed by atoms with Crippen molar-refractivity contribution in [1.82, 2.24) is 0 Å². The van der Waals surface area contributed by atoms with Crippen LogP contribution in [0.2, 0.25) is 0 Å². The smallest absolute Gasteiger partial charge is 0.271 e. The average molecular weight is 206 g/mol. The molecule has 0 fully saturated rings. The van der Waals surface area contributed by atoms with Crippen LogP contribution in [-0.4, -0.2) is 8.76 Å². The molecule has 0 aliphatic carbocycles. The fourth-order valence-corrected chi connectivity index (χ4v) is 1.61. The summed E-state index contributed by atoms with van der Waals surface area (Å²) in [4.78, 5) is -0.241. The van der Waals surface area contributed by atoms with Gasteiger partial charge in [0, 0.05) is 12.5 Å². The predicted molar refractivity (Wildman–Crippen MR) is 45.0 cm³/mol. The molecule has 2 nitrogen and oxygen atoms in total. The minimum atomic E-state index is -3.09. The van der Waals surface area contributed by atoms with E-state index in [4.69, 9.17) is 4.55 Å². The summed E-state index contributed by atoms with van der Waals surface area (Å²) in [6, 6.07) is 5.20. The van der Waals surface area contributed by atoms with Crippen molar-refractivity contribution in [3.63, 3.8) is 0 Å². The summed E-state index contributed by atoms with van der Waals surface area (Å²) in [6.07, 6.45) is 0. The van der Waals surface area contributed by atoms with Crippen LogP contribution in [0.3, 0.4) is 0 Å². The maximum Gasteiger partial charge on any atom is 0.271 e. The van der Waals surface area contributed by atoms with Crippen molar-refractivity contribution in [2.75, 3.05) is 0 Å². The normalized spacial score (nSPS) is 14.2. The lowest BCUT2D eigenvalue weighted by Crippen LogP contribution is -2.11. The Balaban J connectivity index is 3.28. The zero-order valence-corrected chi connectivity index (χ0v) is 7.65. The number of benzene rings is 1. The quantitative estimate of drug-likeness (QED) is 0.754. The van der Waals surface area contributed by atoms with E-state index in [9.17, 15) is 13.0 Å². The molecule has 0 radical (unpaired) electrons. The summed E-state index contributed by atoms with van der Waals surface area (Å²) in [6.45, 7) is 0.693. The summed E-state index contributed by atoms with van der Waals surface area (Å²) >= 11 is -2.37. The van der Waals surface area contributed by atoms with Crippen LogP contribution in [0.4, 0.5) is 8.78 Å². The number of hydrogen-bond donors (Lipinski definition) is 1. The van der Waals surface area contributed by atoms with Crippen LogP contribution in [0.5, 0.6) is 0 Å². The molecule has 1 N–H and O–H groups in total. The van der Waals surface area contributed by atoms with Gasteiger partial charge in [-0.25, -0.2) is 13.0 Å². The second-order valence-corrected chi connectivity index (χ2v) is 3.57. The average Bonchev–Trinajstić information content (AvgIpc) is 2.03. The molecular weight excluding hydrogens is 198 g/mol. The number of rotatable bonds is 2. The maximum atomic E-state index is 12.8. The molecule has 0 aliphatic rings. The Hall–Kier alpha value is -0.810. The van der Waals surface area contributed by atoms with Crippen LogP contribution in [0.1, 0.15) is 12.5 Å². The van der Waals surface area contributed by atoms with Gasteiger partial charge >= 0.3 is 0 Å². The molecule has 0 amide bonds. The first-order valence-corrected chi connectivity index (χ1v) is 4.62. The largest absolute Gasteiger partial charge is 0.302 e. The highest BCUT2D eigenvalue weighted by Gasteiger charge is 2.28. The van der Waals surface area contributed by atoms with E-state index in [1.807, 2.05) is 0 Å². The van der Waals surface area contributed by atoms with E-state index in [0.29, 0.717) is 6.92 Å². The van der Waals surface area contributed by atoms with E-state index in [1.165, 1.54) is 18.2 Å². The molecule has 5 heteroatoms. The maximum absolute atomic E-state index is 12.8. The van der Waals surface area contributed by atoms with Crippen molar-refractivity contribution in [3.05, 3.63) is 29.8 Å². The summed E-state index contributed by atoms with van der Waals surface area (Å²) < 4.78 is 45.0. The van der Waals surface area contributed by atoms with Crippen molar-refractivity contribution in [2.24, 2.45) is 0 Å². The van der Waals surface area contributed by atoms with Gasteiger partial charge < -0.3 is 4.55 Å². The van der Waals surface area contributed by atoms with Crippen LogP contribution < -0.4 is 0 Å². The summed E-state index contributed by atoms with van der Waals surface area (Å²) in [5.74, 6) is -3.09. The van der Waals surface area contributed by atoms with Crippen LogP contribution in [0, 0.1) is 0 Å². The Morgan fingerprint density at radius 3 is 2.31 bits per heavy atom. The van der Waals surface area contributed by atoms with Crippen molar-refractivity contribution < 1.29 is 17.5 Å². The van der Waals surface area contributed by atoms with Gasteiger partial charge in [-0.05, 0) is 6.07 Å². The van der Waals surface area contributed by atoms with Crippen LogP contribution in [0.25, 0.3) is 0 Å². The van der Waals surface area contributed by atoms with E-state index >= 15 is 0 Å². The van der Waals surface area contributed by atoms with Crippen LogP contribution >= 0.6 is 0 Å². The van der Waals surface area contributed by atoms with Gasteiger partial charge in [0.15, 0.2) is 11.1 Å². The third kappa shape index (κ3) is 2.32. The molecule has 0 aromatic heterocycles. The van der Waals surface area contributed by atoms with Gasteiger partial charge in [-0.2, -0.15) is 0 Å². The van der Waals surface area contributed by atoms with E-state index in [1.54, 1.807) is 0 Å². The van der Waals surface area contributed by atoms with E-state index in [2.05, 4.69) is 0 Å². The molecule has 0 spiro atoms. The SMILES string of the molecule is CC(F)(F)c1ccccc1S(=O)O. The monoisotopic (exact) mass is 206 g/mol. The third-order valence-electron chi connectivity index (χ3n) is 1.55. The fraction of sp³-hybridized carbons (Fsp3) is 0.250. The molecule has 1 unspecified atom stereocenters. The Morgan fingerprint density at radius 2 is 1.92 bits per heavy atom. The van der Waals surface area contributed by atoms with Gasteiger partial charge in [0.2, 0.25) is 0 Å². The van der Waals surface area contributed by atoms with E-state index < -0.39 is 22.6 Å². The first kappa shape index (κ1) is 10.3. The highest BCUT2D eigenvalue weighted by Crippen LogP contribution is 2.30. The number of halogens is 2. The molecule has 0 aliphatic heterocycles. The van der Waals surface area contributed by atoms with Crippen LogP contribution in [0.15, 0.2) is 29.2 Å². The van der Waals surface area contributed by atoms with Gasteiger partial charge in [0.1, 0.15) is 0 Å². The predicted octanol–water partition coefficient (Wildman–Crippen LogP) is 2.38. The van der Waals surface area contributed by atoms with Gasteiger partial charge in [-0.15, -0.1) is 0 Å². The van der Waals surface area contributed by atoms with Crippen molar-refractivity contribution >= 4 is 11.1 Å². The molecular formula is C8H8F2O2S. The highest BCUT2D eigenvalue weighted by molar-refractivity contribution is 7.79. The minimum absolute atomic E-state index is 0.241. The first-order chi connectivity index (χ1) is 5.93. The van der Waals surface area contributed by atoms with Crippen molar-refractivity contribution in [3.8, 4) is 0 Å². The zero-order valence-electron chi connectivity index (χ0n) is 6.83. The second kappa shape index (κ2) is 3.51. The molecule has 72 valence electrons. The summed E-state index contributed by atoms with van der Waals surface area (Å²) in [5, 5.41) is 0. The molecule has 1 aromatic carbocycles. The standard InChI is InChI=1S/C8H8F2O2S/c1-8(9,10)6-4-2-3-5-7(6)13(11)12/h2-5H,1H3,(H,11,12). The summed E-state index contributed by atoms with van der Waals surface area (Å²) in [7, 11) is 0. The molecule has 13 heavy (non-hydrogen) atoms. The Bertz CT molecular complexity index is 333. The zero-order chi connectivity index (χ0) is 10.1. The molecule has 1 aromatic rings. The molecule has 0 heterocycles. The lowest BCUT2D eigenvalue weighted by molar-refractivity contribution is 0.0144. The third-order valence-corrected chi connectivity index (χ3v) is 2.28. The lowest BCUT2D eigenvalue weighted by Gasteiger charge is -2.12. The first-order valence-electron chi connectivity index (χ1n) is 3.51. The van der Waals surface area contributed by atoms with E-state index in [-0.39, 0.29) is 4.90 Å². The number of alkyl halides is 2. The molecule has 0 bridgehead atoms. The Labute approximate surface area is 76.9 Å². The Kier molecular flexibility index (Phi) is 2.77. The Morgan fingerprint density at radius 1 is 1.38 bits per heavy atom. The van der Waals surface area contributed by atoms with Gasteiger partial charge in [0.25, 0.3) is 5.92 Å². The molecule has 1 rings (SSSR count). The van der Waals surface area contributed by atoms with Gasteiger partial charge in [-0.3, -0.25) is 0 Å². The fourth-order valence-electron chi connectivity index (χ4n) is 0.982. The minimum Gasteiger partial charge on any atom is -0.302 e. The number of hydrogen-bond acceptors (Lipinski definition) is 1. The van der Waals surface area contributed by atoms with Gasteiger partial charge in [0.05, 0.1) is 4.90 Å². The lowest BCUT2D eigenvalue weighted by atomic mass is 10.1. The molecule has 1 atom stereocenters. The van der Waals surface area contributed by atoms with Gasteiger partial charge in [-0.1, -0.05) is 18.2 Å². The molecule has 0 saturated heterocycles.